The van der Waals surface area contributed by atoms with E-state index in [-0.39, 0.29) is 52.0 Å². The van der Waals surface area contributed by atoms with Crippen LogP contribution in [-0.2, 0) is 22.4 Å². The number of nitrogens with zero attached hydrogens (tertiary/aromatic N) is 1. The fraction of sp³-hybridized carbons (Fsp3) is 0.450. The number of nitrogens with two attached hydrogens (primary N) is 1. The number of aromatic nitrogens is 2. The Morgan fingerprint density at radius 2 is 2.19 bits per heavy atom. The second-order valence-electron chi connectivity index (χ2n) is 7.25. The third-order valence-electron chi connectivity index (χ3n) is 4.78. The zero-order valence-corrected chi connectivity index (χ0v) is 17.8. The molecule has 1 aliphatic rings. The van der Waals surface area contributed by atoms with E-state index in [9.17, 15) is 24.3 Å². The van der Waals surface area contributed by atoms with Gasteiger partial charge in [-0.2, -0.15) is 4.98 Å². The number of nitrogens with one attached hydrogen (secondary N) is 3. The average molecular weight is 468 g/mol. The number of aryl methyl sites for hydroxylation is 2. The van der Waals surface area contributed by atoms with Crippen LogP contribution in [0.2, 0.25) is 0 Å². The number of carbonyl (C=O) groups excluding carboxylic acids is 1. The van der Waals surface area contributed by atoms with Crippen LogP contribution < -0.4 is 21.9 Å². The highest BCUT2D eigenvalue weighted by atomic mass is 32.1. The molecule has 3 rings (SSSR count). The van der Waals surface area contributed by atoms with Gasteiger partial charge in [-0.05, 0) is 50.1 Å². The first kappa shape index (κ1) is 18.2. The van der Waals surface area contributed by atoms with Gasteiger partial charge in [0.2, 0.25) is 5.95 Å². The summed E-state index contributed by atoms with van der Waals surface area (Å²) in [6.07, 6.45) is -6.00. The Morgan fingerprint density at radius 3 is 2.88 bits per heavy atom. The fourth-order valence-corrected chi connectivity index (χ4v) is 4.07. The summed E-state index contributed by atoms with van der Waals surface area (Å²) in [5, 5.41) is 23.1. The number of amides is 1. The highest BCUT2D eigenvalue weighted by Gasteiger charge is 2.25. The van der Waals surface area contributed by atoms with Gasteiger partial charge < -0.3 is 26.6 Å². The van der Waals surface area contributed by atoms with Gasteiger partial charge in [0.25, 0.3) is 11.5 Å². The van der Waals surface area contributed by atoms with Gasteiger partial charge in [-0.1, -0.05) is 0 Å². The summed E-state index contributed by atoms with van der Waals surface area (Å²) < 4.78 is 34.6. The van der Waals surface area contributed by atoms with Gasteiger partial charge in [0.1, 0.15) is 11.9 Å². The van der Waals surface area contributed by atoms with E-state index in [0.29, 0.717) is 11.3 Å². The second kappa shape index (κ2) is 9.81. The van der Waals surface area contributed by atoms with Crippen molar-refractivity contribution in [1.82, 2.24) is 15.3 Å². The normalized spacial score (nSPS) is 18.7. The summed E-state index contributed by atoms with van der Waals surface area (Å²) in [5.41, 5.74) is 5.43. The lowest BCUT2D eigenvalue weighted by atomic mass is 9.92. The zero-order chi connectivity index (χ0) is 27.0. The predicted molar refractivity (Wildman–Crippen MR) is 118 cm³/mol. The Balaban J connectivity index is 1.85. The minimum absolute atomic E-state index is 0.0168. The lowest BCUT2D eigenvalue weighted by Gasteiger charge is -2.24. The van der Waals surface area contributed by atoms with Crippen LogP contribution in [0.25, 0.3) is 0 Å². The summed E-state index contributed by atoms with van der Waals surface area (Å²) in [6, 6.07) is -0.137. The summed E-state index contributed by atoms with van der Waals surface area (Å²) in [7, 11) is 0. The molecule has 2 aromatic heterocycles. The SMILES string of the molecule is [2H]C([2H])(c1sc(C(=O)N[C@@H](CCC(=O)O)C(=O)O)cc1C)C([2H])([2H])[C@@H]1CNc2nc(N)[nH]c(=O)c2C1. The Kier molecular flexibility index (Phi) is 5.58. The largest absolute Gasteiger partial charge is 0.481 e. The van der Waals surface area contributed by atoms with E-state index in [1.54, 1.807) is 0 Å². The minimum Gasteiger partial charge on any atom is -0.481 e. The molecule has 0 fully saturated rings. The molecular formula is C20H25N5O6S. The first-order valence-electron chi connectivity index (χ1n) is 11.6. The Labute approximate surface area is 192 Å². The molecule has 2 atom stereocenters. The summed E-state index contributed by atoms with van der Waals surface area (Å²) in [4.78, 5) is 53.3. The number of carbonyl (C=O) groups is 3. The van der Waals surface area contributed by atoms with Crippen molar-refractivity contribution in [3.63, 3.8) is 0 Å². The van der Waals surface area contributed by atoms with E-state index in [0.717, 1.165) is 0 Å². The van der Waals surface area contributed by atoms with Crippen LogP contribution in [0.1, 0.15) is 50.4 Å². The van der Waals surface area contributed by atoms with Crippen LogP contribution in [0.15, 0.2) is 10.9 Å². The van der Waals surface area contributed by atoms with E-state index in [1.165, 1.54) is 13.0 Å². The number of hydrogen-bond acceptors (Lipinski definition) is 8. The van der Waals surface area contributed by atoms with E-state index in [1.807, 2.05) is 0 Å². The smallest absolute Gasteiger partial charge is 0.326 e. The molecule has 32 heavy (non-hydrogen) atoms. The highest BCUT2D eigenvalue weighted by Crippen LogP contribution is 2.28. The number of rotatable bonds is 9. The predicted octanol–water partition coefficient (Wildman–Crippen LogP) is 0.987. The van der Waals surface area contributed by atoms with Crippen LogP contribution in [0.5, 0.6) is 0 Å². The number of nitrogen functional groups attached to an aromatic ring is 1. The number of anilines is 2. The maximum absolute atomic E-state index is 12.7. The zero-order valence-electron chi connectivity index (χ0n) is 21.0. The molecule has 0 aliphatic carbocycles. The van der Waals surface area contributed by atoms with Crippen molar-refractivity contribution in [2.24, 2.45) is 5.92 Å². The van der Waals surface area contributed by atoms with Crippen molar-refractivity contribution in [3.8, 4) is 0 Å². The number of fused-ring (bicyclic) bond motifs is 1. The Hall–Kier alpha value is -3.41. The van der Waals surface area contributed by atoms with Gasteiger partial charge in [0.15, 0.2) is 0 Å². The lowest BCUT2D eigenvalue weighted by molar-refractivity contribution is -0.140. The summed E-state index contributed by atoms with van der Waals surface area (Å²) in [6.45, 7) is 1.48. The van der Waals surface area contributed by atoms with E-state index < -0.39 is 54.5 Å². The molecule has 2 aromatic rings. The number of carboxylic acid groups (broad SMARTS) is 2. The molecule has 0 radical (unpaired) electrons. The van der Waals surface area contributed by atoms with Crippen molar-refractivity contribution in [3.05, 3.63) is 37.3 Å². The maximum atomic E-state index is 12.7. The van der Waals surface area contributed by atoms with Crippen molar-refractivity contribution in [2.45, 2.75) is 45.0 Å². The minimum atomic E-state index is -2.59. The maximum Gasteiger partial charge on any atom is 0.326 e. The monoisotopic (exact) mass is 467 g/mol. The molecule has 0 spiro atoms. The molecule has 1 aliphatic heterocycles. The summed E-state index contributed by atoms with van der Waals surface area (Å²) in [5.74, 6) is -4.34. The molecule has 7 N–H and O–H groups in total. The molecular weight excluding hydrogens is 438 g/mol. The van der Waals surface area contributed by atoms with Gasteiger partial charge >= 0.3 is 11.9 Å². The van der Waals surface area contributed by atoms with Gasteiger partial charge in [-0.3, -0.25) is 19.4 Å². The van der Waals surface area contributed by atoms with E-state index in [4.69, 9.17) is 16.3 Å². The van der Waals surface area contributed by atoms with Crippen molar-refractivity contribution in [2.75, 3.05) is 17.6 Å². The van der Waals surface area contributed by atoms with Gasteiger partial charge in [-0.25, -0.2) is 4.79 Å². The average Bonchev–Trinajstić information content (AvgIpc) is 3.18. The lowest BCUT2D eigenvalue weighted by Crippen LogP contribution is -2.40. The third-order valence-corrected chi connectivity index (χ3v) is 5.93. The molecule has 0 saturated carbocycles. The second-order valence-corrected chi connectivity index (χ2v) is 8.30. The van der Waals surface area contributed by atoms with Crippen LogP contribution in [0.3, 0.4) is 0 Å². The van der Waals surface area contributed by atoms with Gasteiger partial charge in [0, 0.05) is 23.3 Å². The molecule has 3 heterocycles. The molecule has 1 amide bonds. The molecule has 0 aromatic carbocycles. The van der Waals surface area contributed by atoms with Crippen LogP contribution in [0, 0.1) is 12.8 Å². The molecule has 0 unspecified atom stereocenters. The molecule has 172 valence electrons. The molecule has 12 heteroatoms. The standard InChI is InChI=1S/C20H25N5O6S/c1-9-6-14(18(29)23-12(19(30)31)3-5-15(26)27)32-13(9)4-2-10-7-11-16(22-8-10)24-20(21)25-17(11)28/h6,10,12H,2-5,7-8H2,1H3,(H,23,29)(H,26,27)(H,30,31)(H4,21,22,24,25,28)/t10-,12-/m0/s1/i2D2,4D2. The Bertz CT molecular complexity index is 1260. The number of hydrogen-bond donors (Lipinski definition) is 6. The third kappa shape index (κ3) is 5.63. The van der Waals surface area contributed by atoms with Crippen LogP contribution >= 0.6 is 11.3 Å². The number of carboxylic acids is 2. The van der Waals surface area contributed by atoms with Crippen molar-refractivity contribution in [1.29, 1.82) is 0 Å². The van der Waals surface area contributed by atoms with Crippen LogP contribution in [0.4, 0.5) is 11.8 Å². The first-order chi connectivity index (χ1) is 16.6. The topological polar surface area (TPSA) is 188 Å². The number of aliphatic carboxylic acids is 2. The van der Waals surface area contributed by atoms with E-state index in [2.05, 4.69) is 20.6 Å². The molecule has 11 nitrogen and oxygen atoms in total. The van der Waals surface area contributed by atoms with Crippen LogP contribution in [-0.4, -0.2) is 50.6 Å². The molecule has 0 bridgehead atoms. The van der Waals surface area contributed by atoms with Crippen molar-refractivity contribution < 1.29 is 30.1 Å². The first-order valence-corrected chi connectivity index (χ1v) is 10.5. The van der Waals surface area contributed by atoms with Gasteiger partial charge in [0.05, 0.1) is 10.4 Å². The van der Waals surface area contributed by atoms with E-state index >= 15 is 0 Å². The van der Waals surface area contributed by atoms with Gasteiger partial charge in [-0.15, -0.1) is 11.3 Å². The number of H-pyrrole nitrogens is 1. The molecule has 0 saturated heterocycles. The number of thiophene rings is 1. The Morgan fingerprint density at radius 1 is 1.44 bits per heavy atom. The summed E-state index contributed by atoms with van der Waals surface area (Å²) >= 11 is 0.681. The fourth-order valence-electron chi connectivity index (χ4n) is 3.13. The van der Waals surface area contributed by atoms with Crippen molar-refractivity contribution >= 4 is 40.9 Å². The number of aromatic amines is 1. The quantitative estimate of drug-likeness (QED) is 0.312. The highest BCUT2D eigenvalue weighted by molar-refractivity contribution is 7.14.